The van der Waals surface area contributed by atoms with Crippen molar-refractivity contribution in [2.24, 2.45) is 0 Å². The molecule has 0 unspecified atom stereocenters. The molecular formula is C15H19N5O2S2. The lowest BCUT2D eigenvalue weighted by atomic mass is 10.2. The Kier molecular flexibility index (Phi) is 6.27. The maximum absolute atomic E-state index is 12.2. The molecule has 0 saturated heterocycles. The molecule has 1 heterocycles. The van der Waals surface area contributed by atoms with Crippen LogP contribution in [0.1, 0.15) is 11.3 Å². The van der Waals surface area contributed by atoms with Crippen molar-refractivity contribution < 1.29 is 4.79 Å². The summed E-state index contributed by atoms with van der Waals surface area (Å²) >= 11 is 2.77. The van der Waals surface area contributed by atoms with E-state index in [1.807, 2.05) is 30.5 Å². The second-order valence-corrected chi connectivity index (χ2v) is 6.95. The number of benzene rings is 1. The van der Waals surface area contributed by atoms with Crippen molar-refractivity contribution in [1.29, 1.82) is 0 Å². The molecule has 0 saturated carbocycles. The van der Waals surface area contributed by atoms with Crippen LogP contribution in [0.3, 0.4) is 0 Å². The zero-order valence-corrected chi connectivity index (χ0v) is 15.4. The van der Waals surface area contributed by atoms with Crippen LogP contribution in [-0.4, -0.2) is 44.7 Å². The number of aromatic nitrogens is 3. The summed E-state index contributed by atoms with van der Waals surface area (Å²) in [5, 5.41) is 7.81. The minimum absolute atomic E-state index is 0.0798. The van der Waals surface area contributed by atoms with Crippen molar-refractivity contribution in [1.82, 2.24) is 19.8 Å². The van der Waals surface area contributed by atoms with Crippen LogP contribution in [0, 0.1) is 6.92 Å². The van der Waals surface area contributed by atoms with Gasteiger partial charge in [-0.3, -0.25) is 9.59 Å². The van der Waals surface area contributed by atoms with E-state index in [0.29, 0.717) is 6.54 Å². The lowest BCUT2D eigenvalue weighted by Gasteiger charge is -2.17. The second kappa shape index (κ2) is 8.20. The minimum Gasteiger partial charge on any atom is -0.341 e. The van der Waals surface area contributed by atoms with E-state index in [1.165, 1.54) is 11.8 Å². The van der Waals surface area contributed by atoms with Gasteiger partial charge in [0, 0.05) is 18.5 Å². The SMILES string of the molecule is CSc1ccc(CN(C)C(=O)CSc2nnc(C)c(=O)n2N)cc1. The predicted molar refractivity (Wildman–Crippen MR) is 96.6 cm³/mol. The molecule has 0 aliphatic heterocycles. The highest BCUT2D eigenvalue weighted by molar-refractivity contribution is 7.99. The largest absolute Gasteiger partial charge is 0.341 e. The van der Waals surface area contributed by atoms with Crippen molar-refractivity contribution in [3.8, 4) is 0 Å². The van der Waals surface area contributed by atoms with Crippen molar-refractivity contribution in [2.45, 2.75) is 23.5 Å². The standard InChI is InChI=1S/C15H19N5O2S2/c1-10-14(22)20(16)15(18-17-10)24-9-13(21)19(2)8-11-4-6-12(23-3)7-5-11/h4-7H,8-9,16H2,1-3H3. The quantitative estimate of drug-likeness (QED) is 0.606. The third kappa shape index (κ3) is 4.51. The monoisotopic (exact) mass is 365 g/mol. The van der Waals surface area contributed by atoms with Gasteiger partial charge >= 0.3 is 0 Å². The Hall–Kier alpha value is -2.00. The Bertz CT molecular complexity index is 776. The summed E-state index contributed by atoms with van der Waals surface area (Å²) in [6.07, 6.45) is 2.02. The molecule has 1 aromatic heterocycles. The topological polar surface area (TPSA) is 94.1 Å². The van der Waals surface area contributed by atoms with E-state index in [1.54, 1.807) is 23.7 Å². The van der Waals surface area contributed by atoms with Crippen LogP contribution in [0.4, 0.5) is 0 Å². The van der Waals surface area contributed by atoms with Crippen LogP contribution in [-0.2, 0) is 11.3 Å². The number of aryl methyl sites for hydroxylation is 1. The Morgan fingerprint density at radius 2 is 1.96 bits per heavy atom. The molecule has 1 aromatic carbocycles. The molecule has 7 nitrogen and oxygen atoms in total. The second-order valence-electron chi connectivity index (χ2n) is 5.13. The zero-order valence-electron chi connectivity index (χ0n) is 13.7. The molecule has 1 amide bonds. The molecule has 0 bridgehead atoms. The number of rotatable bonds is 6. The van der Waals surface area contributed by atoms with Gasteiger partial charge in [0.25, 0.3) is 5.56 Å². The van der Waals surface area contributed by atoms with Crippen molar-refractivity contribution >= 4 is 29.4 Å². The molecule has 0 spiro atoms. The van der Waals surface area contributed by atoms with Gasteiger partial charge in [-0.2, -0.15) is 4.68 Å². The summed E-state index contributed by atoms with van der Waals surface area (Å²) in [4.78, 5) is 26.7. The summed E-state index contributed by atoms with van der Waals surface area (Å²) in [6.45, 7) is 2.05. The number of nitrogen functional groups attached to an aromatic ring is 1. The highest BCUT2D eigenvalue weighted by atomic mass is 32.2. The van der Waals surface area contributed by atoms with Crippen molar-refractivity contribution in [2.75, 3.05) is 24.9 Å². The zero-order chi connectivity index (χ0) is 17.7. The first-order valence-corrected chi connectivity index (χ1v) is 9.34. The van der Waals surface area contributed by atoms with Gasteiger partial charge in [0.05, 0.1) is 5.75 Å². The molecule has 2 aromatic rings. The molecular weight excluding hydrogens is 346 g/mol. The third-order valence-corrected chi connectivity index (χ3v) is 5.02. The first-order valence-electron chi connectivity index (χ1n) is 7.13. The lowest BCUT2D eigenvalue weighted by molar-refractivity contribution is -0.127. The number of nitrogens with two attached hydrogens (primary N) is 1. The molecule has 9 heteroatoms. The Labute approximate surface area is 148 Å². The average molecular weight is 365 g/mol. The van der Waals surface area contributed by atoms with E-state index in [4.69, 9.17) is 5.84 Å². The molecule has 0 aliphatic rings. The summed E-state index contributed by atoms with van der Waals surface area (Å²) in [7, 11) is 1.74. The van der Waals surface area contributed by atoms with Gasteiger partial charge in [-0.25, -0.2) is 0 Å². The number of nitrogens with zero attached hydrogens (tertiary/aromatic N) is 4. The first kappa shape index (κ1) is 18.3. The third-order valence-electron chi connectivity index (χ3n) is 3.35. The number of hydrogen-bond acceptors (Lipinski definition) is 7. The number of carbonyl (C=O) groups is 1. The van der Waals surface area contributed by atoms with Gasteiger partial charge in [0.15, 0.2) is 0 Å². The summed E-state index contributed by atoms with van der Waals surface area (Å²) in [5.74, 6) is 5.70. The number of hydrogen-bond donors (Lipinski definition) is 1. The van der Waals surface area contributed by atoms with E-state index in [0.717, 1.165) is 22.0 Å². The van der Waals surface area contributed by atoms with Gasteiger partial charge in [-0.15, -0.1) is 22.0 Å². The van der Waals surface area contributed by atoms with E-state index < -0.39 is 5.56 Å². The number of amides is 1. The van der Waals surface area contributed by atoms with Gasteiger partial charge in [-0.05, 0) is 30.9 Å². The fraction of sp³-hybridized carbons (Fsp3) is 0.333. The number of thioether (sulfide) groups is 2. The van der Waals surface area contributed by atoms with E-state index >= 15 is 0 Å². The Morgan fingerprint density at radius 3 is 2.58 bits per heavy atom. The van der Waals surface area contributed by atoms with Gasteiger partial charge in [0.1, 0.15) is 5.69 Å². The molecule has 0 fully saturated rings. The van der Waals surface area contributed by atoms with Gasteiger partial charge in [0.2, 0.25) is 11.1 Å². The molecule has 0 radical (unpaired) electrons. The summed E-state index contributed by atoms with van der Waals surface area (Å²) in [5.41, 5.74) is 0.862. The van der Waals surface area contributed by atoms with Crippen molar-refractivity contribution in [3.05, 3.63) is 45.9 Å². The van der Waals surface area contributed by atoms with E-state index in [9.17, 15) is 9.59 Å². The van der Waals surface area contributed by atoms with Gasteiger partial charge in [-0.1, -0.05) is 23.9 Å². The predicted octanol–water partition coefficient (Wildman–Crippen LogP) is 1.13. The number of carbonyl (C=O) groups excluding carboxylic acids is 1. The minimum atomic E-state index is -0.415. The molecule has 2 rings (SSSR count). The van der Waals surface area contributed by atoms with Crippen LogP contribution < -0.4 is 11.4 Å². The van der Waals surface area contributed by atoms with E-state index in [-0.39, 0.29) is 22.5 Å². The highest BCUT2D eigenvalue weighted by Crippen LogP contribution is 2.16. The molecule has 0 atom stereocenters. The van der Waals surface area contributed by atoms with Gasteiger partial charge < -0.3 is 10.7 Å². The average Bonchev–Trinajstić information content (AvgIpc) is 2.59. The Morgan fingerprint density at radius 1 is 1.29 bits per heavy atom. The normalized spacial score (nSPS) is 10.6. The van der Waals surface area contributed by atoms with Crippen LogP contribution in [0.15, 0.2) is 39.1 Å². The van der Waals surface area contributed by atoms with Crippen molar-refractivity contribution in [3.63, 3.8) is 0 Å². The Balaban J connectivity index is 1.94. The van der Waals surface area contributed by atoms with Crippen LogP contribution in [0.25, 0.3) is 0 Å². The lowest BCUT2D eigenvalue weighted by Crippen LogP contribution is -2.33. The van der Waals surface area contributed by atoms with E-state index in [2.05, 4.69) is 10.2 Å². The van der Waals surface area contributed by atoms with Crippen LogP contribution >= 0.6 is 23.5 Å². The highest BCUT2D eigenvalue weighted by Gasteiger charge is 2.13. The molecule has 128 valence electrons. The first-order chi connectivity index (χ1) is 11.4. The van der Waals surface area contributed by atoms with Crippen LogP contribution in [0.2, 0.25) is 0 Å². The maximum atomic E-state index is 12.2. The maximum Gasteiger partial charge on any atom is 0.294 e. The molecule has 0 aliphatic carbocycles. The smallest absolute Gasteiger partial charge is 0.294 e. The summed E-state index contributed by atoms with van der Waals surface area (Å²) < 4.78 is 0.918. The van der Waals surface area contributed by atoms with Crippen LogP contribution in [0.5, 0.6) is 0 Å². The summed E-state index contributed by atoms with van der Waals surface area (Å²) in [6, 6.07) is 8.07. The molecule has 24 heavy (non-hydrogen) atoms. The molecule has 2 N–H and O–H groups in total. The fourth-order valence-electron chi connectivity index (χ4n) is 1.90. The fourth-order valence-corrected chi connectivity index (χ4v) is 3.10.